The molecular weight excluding hydrogens is 404 g/mol. The Morgan fingerprint density at radius 2 is 1.63 bits per heavy atom. The van der Waals surface area contributed by atoms with Gasteiger partial charge in [0.1, 0.15) is 12.7 Å². The standard InChI is InChI=1S/C22H42O7Si/c1-8-10-12-18(23)26-15-17-21(28-19(24)13-11-9-2)16(14-20(25)27-17)29-30(6,7)22(3,4)5/h16-17,20-21,25H,8-15H2,1-7H3/t16-,17-,20?,21+/m1/s1. The third-order valence-electron chi connectivity index (χ3n) is 5.90. The van der Waals surface area contributed by atoms with Crippen LogP contribution in [0, 0.1) is 0 Å². The predicted molar refractivity (Wildman–Crippen MR) is 117 cm³/mol. The van der Waals surface area contributed by atoms with E-state index in [1.54, 1.807) is 0 Å². The van der Waals surface area contributed by atoms with Gasteiger partial charge in [0.15, 0.2) is 20.7 Å². The summed E-state index contributed by atoms with van der Waals surface area (Å²) in [5.41, 5.74) is 0. The van der Waals surface area contributed by atoms with Crippen LogP contribution in [0.3, 0.4) is 0 Å². The van der Waals surface area contributed by atoms with Crippen LogP contribution in [0.25, 0.3) is 0 Å². The van der Waals surface area contributed by atoms with Crippen LogP contribution in [0.2, 0.25) is 18.1 Å². The summed E-state index contributed by atoms with van der Waals surface area (Å²) in [5.74, 6) is -0.647. The Balaban J connectivity index is 2.98. The molecule has 1 fully saturated rings. The van der Waals surface area contributed by atoms with Gasteiger partial charge in [-0.15, -0.1) is 0 Å². The van der Waals surface area contributed by atoms with E-state index < -0.39 is 32.9 Å². The lowest BCUT2D eigenvalue weighted by atomic mass is 10.0. The van der Waals surface area contributed by atoms with Gasteiger partial charge >= 0.3 is 11.9 Å². The van der Waals surface area contributed by atoms with Gasteiger partial charge in [0, 0.05) is 19.3 Å². The van der Waals surface area contributed by atoms with Crippen LogP contribution in [0.4, 0.5) is 0 Å². The van der Waals surface area contributed by atoms with Gasteiger partial charge in [-0.05, 0) is 31.0 Å². The van der Waals surface area contributed by atoms with Crippen molar-refractivity contribution in [2.75, 3.05) is 6.61 Å². The zero-order chi connectivity index (χ0) is 22.9. The lowest BCUT2D eigenvalue weighted by Gasteiger charge is -2.45. The van der Waals surface area contributed by atoms with Gasteiger partial charge in [-0.3, -0.25) is 9.59 Å². The first kappa shape index (κ1) is 27.1. The number of hydrogen-bond acceptors (Lipinski definition) is 7. The van der Waals surface area contributed by atoms with E-state index in [-0.39, 0.29) is 30.0 Å². The molecule has 176 valence electrons. The van der Waals surface area contributed by atoms with Crippen molar-refractivity contribution in [2.24, 2.45) is 0 Å². The van der Waals surface area contributed by atoms with Crippen molar-refractivity contribution in [3.63, 3.8) is 0 Å². The number of esters is 2. The molecule has 1 N–H and O–H groups in total. The fraction of sp³-hybridized carbons (Fsp3) is 0.909. The van der Waals surface area contributed by atoms with E-state index in [4.69, 9.17) is 18.6 Å². The molecule has 1 saturated heterocycles. The van der Waals surface area contributed by atoms with Crippen molar-refractivity contribution < 1.29 is 33.3 Å². The number of unbranched alkanes of at least 4 members (excludes halogenated alkanes) is 2. The molecule has 1 heterocycles. The number of carbonyl (C=O) groups excluding carboxylic acids is 2. The van der Waals surface area contributed by atoms with Crippen LogP contribution in [0.5, 0.6) is 0 Å². The minimum atomic E-state index is -2.20. The van der Waals surface area contributed by atoms with Gasteiger partial charge in [-0.25, -0.2) is 0 Å². The highest BCUT2D eigenvalue weighted by atomic mass is 28.4. The number of carbonyl (C=O) groups is 2. The van der Waals surface area contributed by atoms with Crippen LogP contribution in [0.1, 0.15) is 79.6 Å². The number of ether oxygens (including phenoxy) is 3. The summed E-state index contributed by atoms with van der Waals surface area (Å²) in [4.78, 5) is 24.4. The molecule has 0 aromatic heterocycles. The van der Waals surface area contributed by atoms with Crippen LogP contribution in [0.15, 0.2) is 0 Å². The Hall–Kier alpha value is -0.963. The molecule has 0 radical (unpaired) electrons. The van der Waals surface area contributed by atoms with Crippen LogP contribution in [-0.2, 0) is 28.2 Å². The first-order valence-electron chi connectivity index (χ1n) is 11.3. The van der Waals surface area contributed by atoms with Crippen molar-refractivity contribution in [1.82, 2.24) is 0 Å². The highest BCUT2D eigenvalue weighted by Crippen LogP contribution is 2.39. The highest BCUT2D eigenvalue weighted by molar-refractivity contribution is 6.74. The lowest BCUT2D eigenvalue weighted by molar-refractivity contribution is -0.247. The van der Waals surface area contributed by atoms with E-state index in [9.17, 15) is 14.7 Å². The number of aliphatic hydroxyl groups is 1. The van der Waals surface area contributed by atoms with Crippen molar-refractivity contribution in [1.29, 1.82) is 0 Å². The fourth-order valence-corrected chi connectivity index (χ4v) is 4.30. The van der Waals surface area contributed by atoms with E-state index in [0.717, 1.165) is 25.7 Å². The Morgan fingerprint density at radius 1 is 1.07 bits per heavy atom. The molecule has 1 aliphatic rings. The summed E-state index contributed by atoms with van der Waals surface area (Å²) in [7, 11) is -2.20. The van der Waals surface area contributed by atoms with Gasteiger partial charge in [0.05, 0.1) is 6.10 Å². The zero-order valence-corrected chi connectivity index (χ0v) is 20.9. The number of hydrogen-bond donors (Lipinski definition) is 1. The topological polar surface area (TPSA) is 91.3 Å². The number of rotatable bonds is 11. The molecule has 4 atom stereocenters. The molecular formula is C22H42O7Si. The van der Waals surface area contributed by atoms with E-state index in [1.807, 2.05) is 13.8 Å². The van der Waals surface area contributed by atoms with Crippen molar-refractivity contribution in [3.8, 4) is 0 Å². The zero-order valence-electron chi connectivity index (χ0n) is 19.9. The second kappa shape index (κ2) is 12.2. The monoisotopic (exact) mass is 446 g/mol. The second-order valence-electron chi connectivity index (χ2n) is 9.63. The van der Waals surface area contributed by atoms with Gasteiger partial charge in [0.25, 0.3) is 0 Å². The fourth-order valence-electron chi connectivity index (χ4n) is 2.96. The van der Waals surface area contributed by atoms with Crippen LogP contribution >= 0.6 is 0 Å². The highest BCUT2D eigenvalue weighted by Gasteiger charge is 2.47. The quantitative estimate of drug-likeness (QED) is 0.373. The third kappa shape index (κ3) is 8.65. The minimum absolute atomic E-state index is 0.0465. The predicted octanol–water partition coefficient (Wildman–Crippen LogP) is 4.32. The van der Waals surface area contributed by atoms with Crippen LogP contribution in [-0.4, -0.2) is 56.6 Å². The maximum atomic E-state index is 12.4. The van der Waals surface area contributed by atoms with Gasteiger partial charge in [0.2, 0.25) is 0 Å². The SMILES string of the molecule is CCCCC(=O)OC[C@H]1OC(O)C[C@@H](O[Si](C)(C)C(C)(C)C)[C@@H]1OC(=O)CCCC. The molecule has 0 amide bonds. The maximum absolute atomic E-state index is 12.4. The maximum Gasteiger partial charge on any atom is 0.306 e. The first-order chi connectivity index (χ1) is 13.9. The lowest BCUT2D eigenvalue weighted by Crippen LogP contribution is -2.57. The Bertz CT molecular complexity index is 544. The molecule has 0 saturated carbocycles. The summed E-state index contributed by atoms with van der Waals surface area (Å²) >= 11 is 0. The molecule has 1 unspecified atom stereocenters. The first-order valence-corrected chi connectivity index (χ1v) is 14.2. The molecule has 0 spiro atoms. The summed E-state index contributed by atoms with van der Waals surface area (Å²) in [6.07, 6.45) is 1.04. The molecule has 1 rings (SSSR count). The smallest absolute Gasteiger partial charge is 0.306 e. The average Bonchev–Trinajstić information content (AvgIpc) is 2.63. The van der Waals surface area contributed by atoms with Crippen molar-refractivity contribution in [2.45, 2.75) is 122 Å². The van der Waals surface area contributed by atoms with E-state index in [0.29, 0.717) is 12.8 Å². The largest absolute Gasteiger partial charge is 0.463 e. The summed E-state index contributed by atoms with van der Waals surface area (Å²) in [5, 5.41) is 10.2. The van der Waals surface area contributed by atoms with Gasteiger partial charge < -0.3 is 23.7 Å². The summed E-state index contributed by atoms with van der Waals surface area (Å²) < 4.78 is 23.3. The number of aliphatic hydroxyl groups excluding tert-OH is 1. The van der Waals surface area contributed by atoms with Gasteiger partial charge in [-0.1, -0.05) is 47.5 Å². The minimum Gasteiger partial charge on any atom is -0.463 e. The molecule has 30 heavy (non-hydrogen) atoms. The van der Waals surface area contributed by atoms with Crippen molar-refractivity contribution >= 4 is 20.3 Å². The Morgan fingerprint density at radius 3 is 2.17 bits per heavy atom. The normalized spacial score (nSPS) is 25.1. The van der Waals surface area contributed by atoms with E-state index in [1.165, 1.54) is 0 Å². The third-order valence-corrected chi connectivity index (χ3v) is 10.4. The van der Waals surface area contributed by atoms with Crippen LogP contribution < -0.4 is 0 Å². The molecule has 7 nitrogen and oxygen atoms in total. The van der Waals surface area contributed by atoms with Gasteiger partial charge in [-0.2, -0.15) is 0 Å². The van der Waals surface area contributed by atoms with E-state index >= 15 is 0 Å². The summed E-state index contributed by atoms with van der Waals surface area (Å²) in [6, 6.07) is 0. The average molecular weight is 447 g/mol. The molecule has 8 heteroatoms. The van der Waals surface area contributed by atoms with E-state index in [2.05, 4.69) is 33.9 Å². The van der Waals surface area contributed by atoms with Crippen molar-refractivity contribution in [3.05, 3.63) is 0 Å². The summed E-state index contributed by atoms with van der Waals surface area (Å²) in [6.45, 7) is 14.5. The Labute approximate surface area is 182 Å². The molecule has 0 bridgehead atoms. The molecule has 0 aliphatic carbocycles. The molecule has 0 aromatic carbocycles. The molecule has 0 aromatic rings. The second-order valence-corrected chi connectivity index (χ2v) is 14.4. The molecule has 1 aliphatic heterocycles. The Kier molecular flexibility index (Phi) is 11.0.